The van der Waals surface area contributed by atoms with Crippen LogP contribution in [-0.4, -0.2) is 16.7 Å². The van der Waals surface area contributed by atoms with E-state index in [4.69, 9.17) is 10.8 Å². The minimum Gasteiger partial charge on any atom is -0.393 e. The lowest BCUT2D eigenvalue weighted by Crippen LogP contribution is -2.52. The van der Waals surface area contributed by atoms with Crippen molar-refractivity contribution in [2.45, 2.75) is 37.8 Å². The molecular formula is C8H15NO. The van der Waals surface area contributed by atoms with Gasteiger partial charge >= 0.3 is 0 Å². The van der Waals surface area contributed by atoms with Crippen LogP contribution in [0.15, 0.2) is 12.2 Å². The zero-order valence-corrected chi connectivity index (χ0v) is 6.38. The number of allylic oxidation sites excluding steroid dienone is 1. The Balaban J connectivity index is 2.34. The Labute approximate surface area is 61.7 Å². The fourth-order valence-corrected chi connectivity index (χ4v) is 1.31. The molecule has 58 valence electrons. The molecule has 0 heterocycles. The number of aliphatic hydroxyl groups is 1. The van der Waals surface area contributed by atoms with E-state index in [0.29, 0.717) is 0 Å². The Morgan fingerprint density at radius 3 is 2.70 bits per heavy atom. The molecule has 0 radical (unpaired) electrons. The van der Waals surface area contributed by atoms with Gasteiger partial charge in [-0.05, 0) is 19.3 Å². The minimum absolute atomic E-state index is 0.161. The van der Waals surface area contributed by atoms with Gasteiger partial charge in [0, 0.05) is 5.54 Å². The van der Waals surface area contributed by atoms with E-state index in [0.717, 1.165) is 19.3 Å². The van der Waals surface area contributed by atoms with Gasteiger partial charge in [0.05, 0.1) is 6.10 Å². The predicted molar refractivity (Wildman–Crippen MR) is 41.6 cm³/mol. The molecule has 1 fully saturated rings. The zero-order chi connectivity index (χ0) is 7.61. The maximum Gasteiger partial charge on any atom is 0.0581 e. The molecule has 0 spiro atoms. The predicted octanol–water partition coefficient (Wildman–Crippen LogP) is 0.805. The Morgan fingerprint density at radius 1 is 1.70 bits per heavy atom. The molecule has 0 unspecified atom stereocenters. The summed E-state index contributed by atoms with van der Waals surface area (Å²) in [4.78, 5) is 0. The van der Waals surface area contributed by atoms with Gasteiger partial charge < -0.3 is 10.8 Å². The van der Waals surface area contributed by atoms with Gasteiger partial charge in [0.15, 0.2) is 0 Å². The van der Waals surface area contributed by atoms with Crippen LogP contribution in [0.2, 0.25) is 0 Å². The first-order chi connectivity index (χ1) is 4.66. The zero-order valence-electron chi connectivity index (χ0n) is 6.38. The molecule has 0 saturated heterocycles. The van der Waals surface area contributed by atoms with Gasteiger partial charge in [0.2, 0.25) is 0 Å². The van der Waals surface area contributed by atoms with E-state index in [1.807, 2.05) is 6.08 Å². The molecule has 2 nitrogen and oxygen atoms in total. The Kier molecular flexibility index (Phi) is 2.11. The second-order valence-corrected chi connectivity index (χ2v) is 3.11. The van der Waals surface area contributed by atoms with Crippen LogP contribution >= 0.6 is 0 Å². The maximum absolute atomic E-state index is 8.97. The summed E-state index contributed by atoms with van der Waals surface area (Å²) in [6.07, 6.45) is 6.39. The summed E-state index contributed by atoms with van der Waals surface area (Å²) in [5.41, 5.74) is 5.65. The fraction of sp³-hybridized carbons (Fsp3) is 0.750. The van der Waals surface area contributed by atoms with E-state index < -0.39 is 0 Å². The van der Waals surface area contributed by atoms with Gasteiger partial charge in [-0.25, -0.2) is 0 Å². The van der Waals surface area contributed by atoms with Crippen LogP contribution in [0.4, 0.5) is 0 Å². The molecule has 0 aromatic carbocycles. The van der Waals surface area contributed by atoms with Gasteiger partial charge in [-0.15, -0.1) is 0 Å². The van der Waals surface area contributed by atoms with E-state index >= 15 is 0 Å². The van der Waals surface area contributed by atoms with Crippen molar-refractivity contribution in [3.63, 3.8) is 0 Å². The van der Waals surface area contributed by atoms with Crippen LogP contribution in [0, 0.1) is 0 Å². The molecule has 10 heavy (non-hydrogen) atoms. The van der Waals surface area contributed by atoms with Gasteiger partial charge in [-0.2, -0.15) is 0 Å². The smallest absolute Gasteiger partial charge is 0.0581 e. The monoisotopic (exact) mass is 141 g/mol. The lowest BCUT2D eigenvalue weighted by molar-refractivity contribution is 0.0455. The first kappa shape index (κ1) is 7.76. The molecule has 1 rings (SSSR count). The van der Waals surface area contributed by atoms with Crippen molar-refractivity contribution in [3.05, 3.63) is 12.2 Å². The third kappa shape index (κ3) is 1.58. The fourth-order valence-electron chi connectivity index (χ4n) is 1.31. The van der Waals surface area contributed by atoms with Crippen molar-refractivity contribution in [3.8, 4) is 0 Å². The third-order valence-electron chi connectivity index (χ3n) is 1.92. The molecular weight excluding hydrogens is 126 g/mol. The van der Waals surface area contributed by atoms with Crippen molar-refractivity contribution in [1.29, 1.82) is 0 Å². The Morgan fingerprint density at radius 2 is 2.30 bits per heavy atom. The average molecular weight is 141 g/mol. The highest BCUT2D eigenvalue weighted by molar-refractivity contribution is 5.12. The summed E-state index contributed by atoms with van der Waals surface area (Å²) in [7, 11) is 0. The third-order valence-corrected chi connectivity index (χ3v) is 1.92. The standard InChI is InChI=1S/C8H15NO/c1-2-3-4-8(9)5-7(10)6-8/h3-4,7,10H,2,5-6,9H2,1H3/b4-3+. The molecule has 0 aromatic heterocycles. The molecule has 1 aliphatic carbocycles. The van der Waals surface area contributed by atoms with Gasteiger partial charge in [0.1, 0.15) is 0 Å². The first-order valence-corrected chi connectivity index (χ1v) is 3.81. The lowest BCUT2D eigenvalue weighted by Gasteiger charge is -2.39. The minimum atomic E-state index is -0.185. The van der Waals surface area contributed by atoms with Crippen LogP contribution < -0.4 is 5.73 Å². The number of hydrogen-bond acceptors (Lipinski definition) is 2. The SMILES string of the molecule is CC/C=C/C1(N)CC(O)C1. The number of hydrogen-bond donors (Lipinski definition) is 2. The molecule has 1 saturated carbocycles. The first-order valence-electron chi connectivity index (χ1n) is 3.81. The lowest BCUT2D eigenvalue weighted by atomic mass is 9.75. The van der Waals surface area contributed by atoms with Crippen molar-refractivity contribution in [1.82, 2.24) is 0 Å². The summed E-state index contributed by atoms with van der Waals surface area (Å²) in [6.45, 7) is 2.08. The van der Waals surface area contributed by atoms with E-state index in [9.17, 15) is 0 Å². The van der Waals surface area contributed by atoms with E-state index in [1.165, 1.54) is 0 Å². The molecule has 0 bridgehead atoms. The normalized spacial score (nSPS) is 40.1. The van der Waals surface area contributed by atoms with Crippen LogP contribution in [0.1, 0.15) is 26.2 Å². The highest BCUT2D eigenvalue weighted by Crippen LogP contribution is 2.30. The van der Waals surface area contributed by atoms with Crippen molar-refractivity contribution >= 4 is 0 Å². The maximum atomic E-state index is 8.97. The van der Waals surface area contributed by atoms with Crippen LogP contribution in [0.5, 0.6) is 0 Å². The van der Waals surface area contributed by atoms with E-state index in [-0.39, 0.29) is 11.6 Å². The van der Waals surface area contributed by atoms with Crippen molar-refractivity contribution in [2.24, 2.45) is 5.73 Å². The summed E-state index contributed by atoms with van der Waals surface area (Å²) in [5.74, 6) is 0. The molecule has 1 aliphatic rings. The Bertz CT molecular complexity index is 136. The average Bonchev–Trinajstić information content (AvgIpc) is 1.81. The summed E-state index contributed by atoms with van der Waals surface area (Å²) in [5, 5.41) is 8.97. The molecule has 0 aliphatic heterocycles. The largest absolute Gasteiger partial charge is 0.393 e. The molecule has 3 N–H and O–H groups in total. The highest BCUT2D eigenvalue weighted by atomic mass is 16.3. The quantitative estimate of drug-likeness (QED) is 0.559. The van der Waals surface area contributed by atoms with Gasteiger partial charge in [-0.1, -0.05) is 19.1 Å². The molecule has 0 atom stereocenters. The van der Waals surface area contributed by atoms with Gasteiger partial charge in [0.25, 0.3) is 0 Å². The van der Waals surface area contributed by atoms with Crippen LogP contribution in [0.25, 0.3) is 0 Å². The summed E-state index contributed by atoms with van der Waals surface area (Å²) in [6, 6.07) is 0. The molecule has 0 amide bonds. The number of rotatable bonds is 2. The molecule has 2 heteroatoms. The topological polar surface area (TPSA) is 46.2 Å². The number of aliphatic hydroxyl groups excluding tert-OH is 1. The van der Waals surface area contributed by atoms with Crippen molar-refractivity contribution < 1.29 is 5.11 Å². The second kappa shape index (κ2) is 2.72. The van der Waals surface area contributed by atoms with E-state index in [1.54, 1.807) is 0 Å². The summed E-state index contributed by atoms with van der Waals surface area (Å²) >= 11 is 0. The van der Waals surface area contributed by atoms with Gasteiger partial charge in [-0.3, -0.25) is 0 Å². The second-order valence-electron chi connectivity index (χ2n) is 3.11. The van der Waals surface area contributed by atoms with Crippen molar-refractivity contribution in [2.75, 3.05) is 0 Å². The number of nitrogens with two attached hydrogens (primary N) is 1. The van der Waals surface area contributed by atoms with Crippen LogP contribution in [-0.2, 0) is 0 Å². The Hall–Kier alpha value is -0.340. The highest BCUT2D eigenvalue weighted by Gasteiger charge is 2.37. The molecule has 0 aromatic rings. The van der Waals surface area contributed by atoms with Crippen LogP contribution in [0.3, 0.4) is 0 Å². The summed E-state index contributed by atoms with van der Waals surface area (Å²) < 4.78 is 0. The van der Waals surface area contributed by atoms with E-state index in [2.05, 4.69) is 13.0 Å².